The van der Waals surface area contributed by atoms with Gasteiger partial charge in [-0.1, -0.05) is 0 Å². The van der Waals surface area contributed by atoms with Crippen molar-refractivity contribution in [3.05, 3.63) is 78.1 Å². The summed E-state index contributed by atoms with van der Waals surface area (Å²) in [5, 5.41) is 5.60. The van der Waals surface area contributed by atoms with Gasteiger partial charge in [0.15, 0.2) is 0 Å². The van der Waals surface area contributed by atoms with Gasteiger partial charge in [-0.05, 0) is 54.6 Å². The van der Waals surface area contributed by atoms with Gasteiger partial charge in [0.05, 0.1) is 24.7 Å². The largest absolute Gasteiger partial charge is 0.497 e. The van der Waals surface area contributed by atoms with E-state index in [0.29, 0.717) is 28.3 Å². The first-order valence-corrected chi connectivity index (χ1v) is 8.96. The third-order valence-corrected chi connectivity index (χ3v) is 4.32. The molecule has 0 saturated carbocycles. The van der Waals surface area contributed by atoms with Crippen molar-refractivity contribution < 1.29 is 14.3 Å². The van der Waals surface area contributed by atoms with Crippen LogP contribution in [-0.2, 0) is 0 Å². The Hall–Kier alpha value is -3.87. The second-order valence-electron chi connectivity index (χ2n) is 6.50. The Morgan fingerprint density at radius 3 is 1.93 bits per heavy atom. The summed E-state index contributed by atoms with van der Waals surface area (Å²) >= 11 is 0. The Balaban J connectivity index is 1.74. The minimum atomic E-state index is -0.313. The highest BCUT2D eigenvalue weighted by atomic mass is 16.5. The van der Waals surface area contributed by atoms with E-state index in [1.165, 1.54) is 6.20 Å². The summed E-state index contributed by atoms with van der Waals surface area (Å²) in [4.78, 5) is 31.1. The highest BCUT2D eigenvalue weighted by Crippen LogP contribution is 2.22. The van der Waals surface area contributed by atoms with Gasteiger partial charge in [-0.2, -0.15) is 0 Å². The predicted octanol–water partition coefficient (Wildman–Crippen LogP) is 3.66. The molecule has 0 fully saturated rings. The number of benzene rings is 2. The molecule has 7 heteroatoms. The maximum atomic E-state index is 12.6. The third-order valence-electron chi connectivity index (χ3n) is 4.32. The van der Waals surface area contributed by atoms with E-state index < -0.39 is 0 Å². The predicted molar refractivity (Wildman–Crippen MR) is 114 cm³/mol. The third kappa shape index (κ3) is 4.90. The minimum Gasteiger partial charge on any atom is -0.497 e. The van der Waals surface area contributed by atoms with Crippen LogP contribution in [0.5, 0.6) is 5.75 Å². The van der Waals surface area contributed by atoms with E-state index in [1.54, 1.807) is 55.8 Å². The van der Waals surface area contributed by atoms with Crippen molar-refractivity contribution in [2.75, 3.05) is 36.7 Å². The molecule has 2 aromatic carbocycles. The molecule has 0 radical (unpaired) electrons. The standard InChI is InChI=1S/C22H22N4O3/c1-26(2)17-8-4-15(5-9-17)21(27)24-19-12-13-23-14-20(19)25-22(28)16-6-10-18(29-3)11-7-16/h4-14H,1-3H3,(H,25,28)(H,23,24,27). The van der Waals surface area contributed by atoms with Crippen molar-refractivity contribution >= 4 is 28.9 Å². The van der Waals surface area contributed by atoms with Gasteiger partial charge in [-0.15, -0.1) is 0 Å². The number of amides is 2. The van der Waals surface area contributed by atoms with Gasteiger partial charge in [0.2, 0.25) is 0 Å². The second-order valence-corrected chi connectivity index (χ2v) is 6.50. The number of nitrogens with zero attached hydrogens (tertiary/aromatic N) is 2. The lowest BCUT2D eigenvalue weighted by molar-refractivity contribution is 0.101. The number of anilines is 3. The molecule has 7 nitrogen and oxygen atoms in total. The molecular weight excluding hydrogens is 368 g/mol. The Morgan fingerprint density at radius 2 is 1.38 bits per heavy atom. The number of ether oxygens (including phenoxy) is 1. The number of methoxy groups -OCH3 is 1. The molecule has 0 atom stereocenters. The van der Waals surface area contributed by atoms with Crippen LogP contribution in [0, 0.1) is 0 Å². The van der Waals surface area contributed by atoms with Crippen molar-refractivity contribution in [1.82, 2.24) is 4.98 Å². The summed E-state index contributed by atoms with van der Waals surface area (Å²) in [7, 11) is 5.43. The second kappa shape index (κ2) is 8.88. The fourth-order valence-corrected chi connectivity index (χ4v) is 2.65. The number of carbonyl (C=O) groups is 2. The van der Waals surface area contributed by atoms with Crippen LogP contribution in [-0.4, -0.2) is 38.0 Å². The van der Waals surface area contributed by atoms with Gasteiger partial charge in [0.25, 0.3) is 11.8 Å². The van der Waals surface area contributed by atoms with Gasteiger partial charge in [0, 0.05) is 37.1 Å². The SMILES string of the molecule is COc1ccc(C(=O)Nc2cnccc2NC(=O)c2ccc(N(C)C)cc2)cc1. The average molecular weight is 390 g/mol. The number of carbonyl (C=O) groups excluding carboxylic acids is 2. The lowest BCUT2D eigenvalue weighted by atomic mass is 10.1. The molecule has 148 valence electrons. The maximum Gasteiger partial charge on any atom is 0.255 e. The van der Waals surface area contributed by atoms with Crippen molar-refractivity contribution in [3.8, 4) is 5.75 Å². The number of hydrogen-bond acceptors (Lipinski definition) is 5. The first-order chi connectivity index (χ1) is 14.0. The number of pyridine rings is 1. The van der Waals surface area contributed by atoms with E-state index in [-0.39, 0.29) is 11.8 Å². The highest BCUT2D eigenvalue weighted by Gasteiger charge is 2.13. The first kappa shape index (κ1) is 19.9. The smallest absolute Gasteiger partial charge is 0.255 e. The fourth-order valence-electron chi connectivity index (χ4n) is 2.65. The maximum absolute atomic E-state index is 12.6. The Kier molecular flexibility index (Phi) is 6.09. The first-order valence-electron chi connectivity index (χ1n) is 8.96. The van der Waals surface area contributed by atoms with Crippen LogP contribution >= 0.6 is 0 Å². The summed E-state index contributed by atoms with van der Waals surface area (Å²) in [5.74, 6) is 0.0732. The van der Waals surface area contributed by atoms with Gasteiger partial charge < -0.3 is 20.3 Å². The Bertz CT molecular complexity index is 999. The normalized spacial score (nSPS) is 10.2. The molecule has 0 saturated heterocycles. The van der Waals surface area contributed by atoms with Crippen molar-refractivity contribution in [3.63, 3.8) is 0 Å². The molecule has 0 aliphatic rings. The van der Waals surface area contributed by atoms with Gasteiger partial charge in [0.1, 0.15) is 5.75 Å². The van der Waals surface area contributed by atoms with Crippen LogP contribution in [0.3, 0.4) is 0 Å². The molecule has 0 bridgehead atoms. The minimum absolute atomic E-state index is 0.276. The fraction of sp³-hybridized carbons (Fsp3) is 0.136. The lowest BCUT2D eigenvalue weighted by Gasteiger charge is -2.14. The molecule has 2 N–H and O–H groups in total. The summed E-state index contributed by atoms with van der Waals surface area (Å²) < 4.78 is 5.10. The van der Waals surface area contributed by atoms with Gasteiger partial charge in [-0.25, -0.2) is 0 Å². The zero-order valence-electron chi connectivity index (χ0n) is 16.5. The summed E-state index contributed by atoms with van der Waals surface area (Å²) in [6.07, 6.45) is 3.04. The van der Waals surface area contributed by atoms with Crippen LogP contribution in [0.1, 0.15) is 20.7 Å². The van der Waals surface area contributed by atoms with Crippen LogP contribution in [0.4, 0.5) is 17.1 Å². The molecule has 0 unspecified atom stereocenters. The van der Waals surface area contributed by atoms with E-state index in [9.17, 15) is 9.59 Å². The number of rotatable bonds is 6. The average Bonchev–Trinajstić information content (AvgIpc) is 2.75. The molecule has 1 aromatic heterocycles. The van der Waals surface area contributed by atoms with E-state index in [1.807, 2.05) is 31.1 Å². The highest BCUT2D eigenvalue weighted by molar-refractivity contribution is 6.09. The van der Waals surface area contributed by atoms with E-state index in [0.717, 1.165) is 5.69 Å². The van der Waals surface area contributed by atoms with Crippen molar-refractivity contribution in [2.24, 2.45) is 0 Å². The molecule has 3 rings (SSSR count). The summed E-state index contributed by atoms with van der Waals surface area (Å²) in [6.45, 7) is 0. The van der Waals surface area contributed by atoms with E-state index >= 15 is 0 Å². The number of aromatic nitrogens is 1. The van der Waals surface area contributed by atoms with E-state index in [2.05, 4.69) is 15.6 Å². The monoisotopic (exact) mass is 390 g/mol. The van der Waals surface area contributed by atoms with Crippen molar-refractivity contribution in [1.29, 1.82) is 0 Å². The molecule has 2 amide bonds. The quantitative estimate of drug-likeness (QED) is 0.671. The topological polar surface area (TPSA) is 83.6 Å². The molecule has 29 heavy (non-hydrogen) atoms. The summed E-state index contributed by atoms with van der Waals surface area (Å²) in [6, 6.07) is 15.6. The van der Waals surface area contributed by atoms with Crippen LogP contribution in [0.2, 0.25) is 0 Å². The van der Waals surface area contributed by atoms with Crippen LogP contribution in [0.25, 0.3) is 0 Å². The molecule has 3 aromatic rings. The molecule has 0 aliphatic carbocycles. The number of hydrogen-bond donors (Lipinski definition) is 2. The van der Waals surface area contributed by atoms with Gasteiger partial charge in [-0.3, -0.25) is 14.6 Å². The Labute approximate surface area is 169 Å². The van der Waals surface area contributed by atoms with E-state index in [4.69, 9.17) is 4.74 Å². The lowest BCUT2D eigenvalue weighted by Crippen LogP contribution is -2.17. The summed E-state index contributed by atoms with van der Waals surface area (Å²) in [5.41, 5.74) is 2.85. The number of nitrogens with one attached hydrogen (secondary N) is 2. The molecule has 1 heterocycles. The van der Waals surface area contributed by atoms with Crippen LogP contribution < -0.4 is 20.3 Å². The Morgan fingerprint density at radius 1 is 0.828 bits per heavy atom. The molecule has 0 spiro atoms. The molecular formula is C22H22N4O3. The zero-order chi connectivity index (χ0) is 20.8. The van der Waals surface area contributed by atoms with Crippen molar-refractivity contribution in [2.45, 2.75) is 0 Å². The van der Waals surface area contributed by atoms with Crippen LogP contribution in [0.15, 0.2) is 67.0 Å². The van der Waals surface area contributed by atoms with Gasteiger partial charge >= 0.3 is 0 Å². The zero-order valence-corrected chi connectivity index (χ0v) is 16.5. The molecule has 0 aliphatic heterocycles.